The van der Waals surface area contributed by atoms with Crippen LogP contribution in [0.3, 0.4) is 0 Å². The molecule has 0 spiro atoms. The van der Waals surface area contributed by atoms with Crippen molar-refractivity contribution < 1.29 is 13.5 Å². The summed E-state index contributed by atoms with van der Waals surface area (Å²) < 4.78 is 32.3. The molecule has 0 atom stereocenters. The zero-order valence-corrected chi connectivity index (χ0v) is 15.6. The van der Waals surface area contributed by atoms with Gasteiger partial charge in [0.1, 0.15) is 11.6 Å². The van der Waals surface area contributed by atoms with Gasteiger partial charge in [-0.1, -0.05) is 0 Å². The number of aromatic nitrogens is 2. The van der Waals surface area contributed by atoms with Crippen LogP contribution in [0.2, 0.25) is 0 Å². The highest BCUT2D eigenvalue weighted by Gasteiger charge is 2.35. The third kappa shape index (κ3) is 4.45. The number of hydrazone groups is 1. The topological polar surface area (TPSA) is 65.9 Å². The van der Waals surface area contributed by atoms with Gasteiger partial charge in [-0.15, -0.1) is 0 Å². The van der Waals surface area contributed by atoms with Gasteiger partial charge >= 0.3 is 0 Å². The Bertz CT molecular complexity index is 697. The zero-order valence-electron chi connectivity index (χ0n) is 15.6. The van der Waals surface area contributed by atoms with Crippen molar-refractivity contribution in [2.24, 2.45) is 5.10 Å². The lowest BCUT2D eigenvalue weighted by atomic mass is 9.92. The van der Waals surface area contributed by atoms with Crippen molar-refractivity contribution in [3.05, 3.63) is 6.07 Å². The predicted molar refractivity (Wildman–Crippen MR) is 101 cm³/mol. The Hall–Kier alpha value is -2.03. The van der Waals surface area contributed by atoms with E-state index in [1.54, 1.807) is 0 Å². The summed E-state index contributed by atoms with van der Waals surface area (Å²) in [5.41, 5.74) is 1.05. The van der Waals surface area contributed by atoms with Gasteiger partial charge in [-0.05, 0) is 19.8 Å². The fourth-order valence-electron chi connectivity index (χ4n) is 3.68. The molecule has 4 rings (SSSR count). The number of morpholine rings is 1. The quantitative estimate of drug-likeness (QED) is 0.867. The van der Waals surface area contributed by atoms with Crippen molar-refractivity contribution in [1.82, 2.24) is 9.97 Å². The van der Waals surface area contributed by atoms with Gasteiger partial charge < -0.3 is 15.0 Å². The van der Waals surface area contributed by atoms with Crippen LogP contribution in [-0.2, 0) is 4.74 Å². The first-order valence-electron chi connectivity index (χ1n) is 9.66. The van der Waals surface area contributed by atoms with Gasteiger partial charge in [-0.2, -0.15) is 15.1 Å². The lowest BCUT2D eigenvalue weighted by molar-refractivity contribution is -0.0361. The lowest BCUT2D eigenvalue weighted by Gasteiger charge is -2.31. The Morgan fingerprint density at radius 2 is 1.89 bits per heavy atom. The number of nitrogens with zero attached hydrogens (tertiary/aromatic N) is 5. The molecule has 2 fully saturated rings. The van der Waals surface area contributed by atoms with E-state index in [0.717, 1.165) is 37.6 Å². The Kier molecular flexibility index (Phi) is 5.12. The molecule has 9 heteroatoms. The first-order valence-corrected chi connectivity index (χ1v) is 9.66. The van der Waals surface area contributed by atoms with E-state index in [-0.39, 0.29) is 18.9 Å². The van der Waals surface area contributed by atoms with E-state index in [9.17, 15) is 8.78 Å². The highest BCUT2D eigenvalue weighted by molar-refractivity contribution is 5.85. The Labute approximate surface area is 157 Å². The van der Waals surface area contributed by atoms with Crippen LogP contribution in [0, 0.1) is 0 Å². The minimum atomic E-state index is -2.53. The summed E-state index contributed by atoms with van der Waals surface area (Å²) in [4.78, 5) is 11.5. The van der Waals surface area contributed by atoms with E-state index in [1.807, 2.05) is 18.0 Å². The highest BCUT2D eigenvalue weighted by atomic mass is 19.3. The van der Waals surface area contributed by atoms with Crippen LogP contribution in [0.5, 0.6) is 0 Å². The van der Waals surface area contributed by atoms with Gasteiger partial charge in [0.25, 0.3) is 0 Å². The second kappa shape index (κ2) is 7.53. The number of nitrogens with one attached hydrogen (secondary N) is 1. The molecule has 2 aliphatic heterocycles. The van der Waals surface area contributed by atoms with Crippen molar-refractivity contribution >= 4 is 23.3 Å². The molecule has 0 aromatic carbocycles. The van der Waals surface area contributed by atoms with E-state index >= 15 is 0 Å². The van der Waals surface area contributed by atoms with E-state index < -0.39 is 5.92 Å². The van der Waals surface area contributed by atoms with Crippen LogP contribution in [-0.4, -0.2) is 60.5 Å². The number of hydrogen-bond acceptors (Lipinski definition) is 7. The number of hydrogen-bond donors (Lipinski definition) is 1. The number of ether oxygens (including phenoxy) is 1. The van der Waals surface area contributed by atoms with Crippen LogP contribution in [0.4, 0.5) is 26.4 Å². The molecule has 1 aromatic heterocycles. The minimum absolute atomic E-state index is 0.00808. The molecule has 7 nitrogen and oxygen atoms in total. The molecule has 27 heavy (non-hydrogen) atoms. The maximum absolute atomic E-state index is 13.4. The molecular weight excluding hydrogens is 354 g/mol. The number of anilines is 3. The van der Waals surface area contributed by atoms with Crippen molar-refractivity contribution in [1.29, 1.82) is 0 Å². The Morgan fingerprint density at radius 1 is 1.15 bits per heavy atom. The zero-order chi connectivity index (χ0) is 18.9. The summed E-state index contributed by atoms with van der Waals surface area (Å²) in [6, 6.07) is 1.92. The Balaban J connectivity index is 1.56. The van der Waals surface area contributed by atoms with E-state index in [4.69, 9.17) is 9.72 Å². The van der Waals surface area contributed by atoms with Crippen LogP contribution in [0.1, 0.15) is 39.0 Å². The average Bonchev–Trinajstić information content (AvgIpc) is 3.10. The lowest BCUT2D eigenvalue weighted by Crippen LogP contribution is -2.37. The molecule has 148 valence electrons. The monoisotopic (exact) mass is 380 g/mol. The second-order valence-corrected chi connectivity index (χ2v) is 7.49. The largest absolute Gasteiger partial charge is 0.378 e. The van der Waals surface area contributed by atoms with Crippen molar-refractivity contribution in [3.8, 4) is 0 Å². The maximum atomic E-state index is 13.4. The first kappa shape index (κ1) is 18.3. The molecule has 1 aromatic rings. The van der Waals surface area contributed by atoms with E-state index in [1.165, 1.54) is 0 Å². The van der Waals surface area contributed by atoms with Crippen LogP contribution in [0.25, 0.3) is 0 Å². The van der Waals surface area contributed by atoms with Gasteiger partial charge in [0.2, 0.25) is 11.9 Å². The molecule has 1 N–H and O–H groups in total. The minimum Gasteiger partial charge on any atom is -0.378 e. The summed E-state index contributed by atoms with van der Waals surface area (Å²) in [5, 5.41) is 9.68. The van der Waals surface area contributed by atoms with Crippen molar-refractivity contribution in [2.75, 3.05) is 48.1 Å². The molecule has 1 saturated carbocycles. The molecule has 0 unspecified atom stereocenters. The summed E-state index contributed by atoms with van der Waals surface area (Å²) in [7, 11) is 0. The standard InChI is InChI=1S/C18H26F2N6O/c1-13-4-7-26(24-13)17-22-15(21-14-2-5-18(19,20)6-3-14)12-16(23-17)25-8-10-27-11-9-25/h12,14H,2-11H2,1H3,(H,21,22,23). The van der Waals surface area contributed by atoms with Gasteiger partial charge in [0.05, 0.1) is 19.8 Å². The summed E-state index contributed by atoms with van der Waals surface area (Å²) >= 11 is 0. The van der Waals surface area contributed by atoms with E-state index in [2.05, 4.69) is 20.3 Å². The maximum Gasteiger partial charge on any atom is 0.250 e. The van der Waals surface area contributed by atoms with Crippen LogP contribution >= 0.6 is 0 Å². The third-order valence-electron chi connectivity index (χ3n) is 5.31. The normalized spacial score (nSPS) is 23.4. The molecule has 1 saturated heterocycles. The van der Waals surface area contributed by atoms with Gasteiger partial charge in [-0.25, -0.2) is 13.8 Å². The van der Waals surface area contributed by atoms with Crippen LogP contribution < -0.4 is 15.2 Å². The Morgan fingerprint density at radius 3 is 2.56 bits per heavy atom. The van der Waals surface area contributed by atoms with Crippen molar-refractivity contribution in [2.45, 2.75) is 51.0 Å². The molecule has 0 radical (unpaired) electrons. The van der Waals surface area contributed by atoms with Gasteiger partial charge in [-0.3, -0.25) is 0 Å². The SMILES string of the molecule is CC1=NN(c2nc(NC3CCC(F)(F)CC3)cc(N3CCOCC3)n2)CC1. The molecule has 0 amide bonds. The molecule has 3 heterocycles. The molecule has 3 aliphatic rings. The second-order valence-electron chi connectivity index (χ2n) is 7.49. The smallest absolute Gasteiger partial charge is 0.250 e. The van der Waals surface area contributed by atoms with Crippen LogP contribution in [0.15, 0.2) is 11.2 Å². The van der Waals surface area contributed by atoms with E-state index in [0.29, 0.717) is 37.8 Å². The number of rotatable bonds is 4. The number of halogens is 2. The molecule has 1 aliphatic carbocycles. The predicted octanol–water partition coefficient (Wildman–Crippen LogP) is 2.89. The fourth-order valence-corrected chi connectivity index (χ4v) is 3.68. The van der Waals surface area contributed by atoms with Crippen molar-refractivity contribution in [3.63, 3.8) is 0 Å². The summed E-state index contributed by atoms with van der Waals surface area (Å²) in [5.74, 6) is -0.474. The van der Waals surface area contributed by atoms with Gasteiger partial charge in [0, 0.05) is 50.2 Å². The summed E-state index contributed by atoms with van der Waals surface area (Å²) in [6.45, 7) is 5.63. The fraction of sp³-hybridized carbons (Fsp3) is 0.722. The molecule has 0 bridgehead atoms. The highest BCUT2D eigenvalue weighted by Crippen LogP contribution is 2.34. The molecular formula is C18H26F2N6O. The number of alkyl halides is 2. The van der Waals surface area contributed by atoms with Gasteiger partial charge in [0.15, 0.2) is 0 Å². The first-order chi connectivity index (χ1) is 13.0. The summed E-state index contributed by atoms with van der Waals surface area (Å²) in [6.07, 6.45) is 1.63. The third-order valence-corrected chi connectivity index (χ3v) is 5.31. The average molecular weight is 380 g/mol.